The van der Waals surface area contributed by atoms with Crippen LogP contribution in [0.1, 0.15) is 75.1 Å². The fraction of sp³-hybridized carbons (Fsp3) is 0.452. The number of nitrogens with two attached hydrogens (primary N) is 2. The SMILES string of the molecule is CC[C@H](COC(=O)C(C)(C)N)Nc1ncc(C)c(-c2c[nH]c(C(=O)N[C@H](COC(=O)C(C)(N)CC)c3cccc(Cl)c3)c2)n1. The summed E-state index contributed by atoms with van der Waals surface area (Å²) in [5, 5.41) is 6.59. The summed E-state index contributed by atoms with van der Waals surface area (Å²) in [6.07, 6.45) is 4.38. The number of esters is 2. The molecule has 0 spiro atoms. The van der Waals surface area contributed by atoms with E-state index in [2.05, 4.69) is 25.6 Å². The van der Waals surface area contributed by atoms with Gasteiger partial charge in [-0.3, -0.25) is 14.4 Å². The van der Waals surface area contributed by atoms with Crippen LogP contribution in [0.4, 0.5) is 5.95 Å². The number of hydrogen-bond acceptors (Lipinski definition) is 10. The standard InChI is InChI=1S/C31H42ClN7O5/c1-7-22(16-43-27(41)30(4,5)33)37-29-36-14-18(3)25(39-29)20-13-23(35-15-20)26(40)38-24(19-10-9-11-21(32)12-19)17-44-28(42)31(6,34)8-2/h9-15,22,24,35H,7-8,16-17,33-34H2,1-6H3,(H,38,40)(H,36,37,39)/t22-,24-,31?/m1/s1. The third kappa shape index (κ3) is 9.25. The molecule has 2 aromatic heterocycles. The molecule has 0 fully saturated rings. The number of carbonyl (C=O) groups excluding carboxylic acids is 3. The lowest BCUT2D eigenvalue weighted by atomic mass is 10.0. The first-order chi connectivity index (χ1) is 20.6. The van der Waals surface area contributed by atoms with Crippen molar-refractivity contribution in [2.45, 2.75) is 77.5 Å². The third-order valence-corrected chi connectivity index (χ3v) is 7.31. The molecular formula is C31H42ClN7O5. The second-order valence-electron chi connectivity index (χ2n) is 11.5. The first kappa shape index (κ1) is 34.5. The zero-order chi connectivity index (χ0) is 32.7. The Kier molecular flexibility index (Phi) is 11.5. The molecule has 0 bridgehead atoms. The zero-order valence-corrected chi connectivity index (χ0v) is 26.7. The molecule has 0 saturated carbocycles. The van der Waals surface area contributed by atoms with Crippen molar-refractivity contribution >= 4 is 35.4 Å². The van der Waals surface area contributed by atoms with Crippen molar-refractivity contribution in [3.8, 4) is 11.3 Å². The molecule has 1 amide bonds. The zero-order valence-electron chi connectivity index (χ0n) is 26.0. The maximum absolute atomic E-state index is 13.4. The Hall–Kier alpha value is -4.00. The summed E-state index contributed by atoms with van der Waals surface area (Å²) < 4.78 is 10.8. The summed E-state index contributed by atoms with van der Waals surface area (Å²) in [7, 11) is 0. The maximum Gasteiger partial charge on any atom is 0.325 e. The average molecular weight is 628 g/mol. The Morgan fingerprint density at radius 2 is 1.77 bits per heavy atom. The number of aromatic amines is 1. The van der Waals surface area contributed by atoms with E-state index in [4.69, 9.17) is 32.5 Å². The fourth-order valence-electron chi connectivity index (χ4n) is 3.92. The van der Waals surface area contributed by atoms with Crippen LogP contribution < -0.4 is 22.1 Å². The van der Waals surface area contributed by atoms with Crippen LogP contribution in [0.5, 0.6) is 0 Å². The van der Waals surface area contributed by atoms with E-state index in [1.54, 1.807) is 70.4 Å². The molecule has 0 aliphatic heterocycles. The van der Waals surface area contributed by atoms with Gasteiger partial charge in [0.1, 0.15) is 30.0 Å². The van der Waals surface area contributed by atoms with Crippen LogP contribution in [0.25, 0.3) is 11.3 Å². The summed E-state index contributed by atoms with van der Waals surface area (Å²) in [6.45, 7) is 10.3. The average Bonchev–Trinajstić information content (AvgIpc) is 3.47. The Balaban J connectivity index is 1.76. The maximum atomic E-state index is 13.4. The summed E-state index contributed by atoms with van der Waals surface area (Å²) in [6, 6.07) is 7.69. The highest BCUT2D eigenvalue weighted by molar-refractivity contribution is 6.30. The number of nitrogens with zero attached hydrogens (tertiary/aromatic N) is 2. The molecular weight excluding hydrogens is 586 g/mol. The predicted molar refractivity (Wildman–Crippen MR) is 169 cm³/mol. The van der Waals surface area contributed by atoms with Crippen LogP contribution in [0.15, 0.2) is 42.7 Å². The van der Waals surface area contributed by atoms with E-state index < -0.39 is 35.0 Å². The Labute approximate surface area is 262 Å². The van der Waals surface area contributed by atoms with E-state index in [0.29, 0.717) is 40.6 Å². The van der Waals surface area contributed by atoms with Crippen molar-refractivity contribution in [1.29, 1.82) is 0 Å². The number of carbonyl (C=O) groups is 3. The van der Waals surface area contributed by atoms with Gasteiger partial charge in [-0.25, -0.2) is 9.97 Å². The number of H-pyrrole nitrogens is 1. The van der Waals surface area contributed by atoms with Gasteiger partial charge in [0.25, 0.3) is 5.91 Å². The minimum Gasteiger partial charge on any atom is -0.462 e. The second kappa shape index (κ2) is 14.7. The predicted octanol–water partition coefficient (Wildman–Crippen LogP) is 4.05. The molecule has 0 aliphatic carbocycles. The molecule has 1 unspecified atom stereocenters. The topological polar surface area (TPSA) is 187 Å². The number of ether oxygens (including phenoxy) is 2. The smallest absolute Gasteiger partial charge is 0.325 e. The van der Waals surface area contributed by atoms with Gasteiger partial charge in [0, 0.05) is 23.0 Å². The highest BCUT2D eigenvalue weighted by atomic mass is 35.5. The van der Waals surface area contributed by atoms with Gasteiger partial charge in [-0.2, -0.15) is 0 Å². The van der Waals surface area contributed by atoms with Crippen molar-refractivity contribution in [2.75, 3.05) is 18.5 Å². The van der Waals surface area contributed by atoms with Crippen LogP contribution in [0.3, 0.4) is 0 Å². The van der Waals surface area contributed by atoms with Crippen LogP contribution >= 0.6 is 11.6 Å². The van der Waals surface area contributed by atoms with Crippen LogP contribution in [0.2, 0.25) is 5.02 Å². The number of rotatable bonds is 14. The highest BCUT2D eigenvalue weighted by Gasteiger charge is 2.29. The molecule has 12 nitrogen and oxygen atoms in total. The van der Waals surface area contributed by atoms with E-state index >= 15 is 0 Å². The summed E-state index contributed by atoms with van der Waals surface area (Å²) in [5.41, 5.74) is 12.6. The van der Waals surface area contributed by atoms with Crippen molar-refractivity contribution in [2.24, 2.45) is 11.5 Å². The lowest BCUT2D eigenvalue weighted by Crippen LogP contribution is -2.46. The Bertz CT molecular complexity index is 1470. The highest BCUT2D eigenvalue weighted by Crippen LogP contribution is 2.25. The molecule has 3 atom stereocenters. The molecule has 1 aromatic carbocycles. The van der Waals surface area contributed by atoms with E-state index in [0.717, 1.165) is 5.56 Å². The van der Waals surface area contributed by atoms with Crippen molar-refractivity contribution < 1.29 is 23.9 Å². The number of halogens is 1. The van der Waals surface area contributed by atoms with Gasteiger partial charge >= 0.3 is 11.9 Å². The molecule has 7 N–H and O–H groups in total. The summed E-state index contributed by atoms with van der Waals surface area (Å²) in [5.74, 6) is -1.16. The van der Waals surface area contributed by atoms with Crippen LogP contribution in [-0.2, 0) is 19.1 Å². The summed E-state index contributed by atoms with van der Waals surface area (Å²) in [4.78, 5) is 50.0. The molecule has 2 heterocycles. The van der Waals surface area contributed by atoms with Gasteiger partial charge in [-0.1, -0.05) is 37.6 Å². The third-order valence-electron chi connectivity index (χ3n) is 7.08. The van der Waals surface area contributed by atoms with Crippen LogP contribution in [-0.4, -0.2) is 63.1 Å². The van der Waals surface area contributed by atoms with Crippen molar-refractivity contribution in [1.82, 2.24) is 20.3 Å². The Morgan fingerprint density at radius 1 is 1.07 bits per heavy atom. The molecule has 0 aliphatic rings. The van der Waals surface area contributed by atoms with E-state index in [1.165, 1.54) is 0 Å². The van der Waals surface area contributed by atoms with Gasteiger partial charge < -0.3 is 36.6 Å². The van der Waals surface area contributed by atoms with Gasteiger partial charge in [-0.05, 0) is 69.9 Å². The number of anilines is 1. The molecule has 0 saturated heterocycles. The van der Waals surface area contributed by atoms with E-state index in [9.17, 15) is 14.4 Å². The number of benzene rings is 1. The Morgan fingerprint density at radius 3 is 2.41 bits per heavy atom. The lowest BCUT2D eigenvalue weighted by molar-refractivity contribution is -0.150. The van der Waals surface area contributed by atoms with E-state index in [1.807, 2.05) is 13.8 Å². The van der Waals surface area contributed by atoms with Crippen molar-refractivity contribution in [3.63, 3.8) is 0 Å². The van der Waals surface area contributed by atoms with Crippen molar-refractivity contribution in [3.05, 3.63) is 64.6 Å². The number of hydrogen-bond donors (Lipinski definition) is 5. The van der Waals surface area contributed by atoms with Gasteiger partial charge in [0.2, 0.25) is 5.95 Å². The normalized spacial score (nSPS) is 14.2. The number of aryl methyl sites for hydroxylation is 1. The fourth-order valence-corrected chi connectivity index (χ4v) is 4.12. The largest absolute Gasteiger partial charge is 0.462 e. The van der Waals surface area contributed by atoms with Gasteiger partial charge in [0.05, 0.1) is 17.8 Å². The second-order valence-corrected chi connectivity index (χ2v) is 12.0. The van der Waals surface area contributed by atoms with Gasteiger partial charge in [-0.15, -0.1) is 0 Å². The minimum absolute atomic E-state index is 0.100. The first-order valence-corrected chi connectivity index (χ1v) is 14.8. The van der Waals surface area contributed by atoms with Crippen LogP contribution in [0, 0.1) is 6.92 Å². The monoisotopic (exact) mass is 627 g/mol. The molecule has 3 aromatic rings. The molecule has 44 heavy (non-hydrogen) atoms. The minimum atomic E-state index is -1.15. The lowest BCUT2D eigenvalue weighted by Gasteiger charge is -2.24. The quantitative estimate of drug-likeness (QED) is 0.163. The molecule has 13 heteroatoms. The first-order valence-electron chi connectivity index (χ1n) is 14.4. The number of nitrogens with one attached hydrogen (secondary N) is 3. The number of amides is 1. The van der Waals surface area contributed by atoms with Gasteiger partial charge in [0.15, 0.2) is 0 Å². The number of aromatic nitrogens is 3. The molecule has 3 rings (SSSR count). The molecule has 0 radical (unpaired) electrons. The summed E-state index contributed by atoms with van der Waals surface area (Å²) >= 11 is 6.20. The molecule has 238 valence electrons. The van der Waals surface area contributed by atoms with E-state index in [-0.39, 0.29) is 24.9 Å².